The van der Waals surface area contributed by atoms with E-state index in [1.54, 1.807) is 0 Å². The summed E-state index contributed by atoms with van der Waals surface area (Å²) >= 11 is 0. The molecule has 1 saturated heterocycles. The van der Waals surface area contributed by atoms with Crippen molar-refractivity contribution in [2.45, 2.75) is 84.0 Å². The molecule has 1 aliphatic heterocycles. The molecule has 3 atom stereocenters. The van der Waals surface area contributed by atoms with Gasteiger partial charge in [0.05, 0.1) is 11.7 Å². The van der Waals surface area contributed by atoms with Gasteiger partial charge in [-0.25, -0.2) is 0 Å². The Hall–Kier alpha value is -0.860. The highest BCUT2D eigenvalue weighted by atomic mass is 16.6. The zero-order chi connectivity index (χ0) is 16.4. The summed E-state index contributed by atoms with van der Waals surface area (Å²) in [6.45, 7) is 10.7. The Morgan fingerprint density at radius 1 is 1.14 bits per heavy atom. The quantitative estimate of drug-likeness (QED) is 0.549. The van der Waals surface area contributed by atoms with Crippen molar-refractivity contribution in [2.24, 2.45) is 5.92 Å². The summed E-state index contributed by atoms with van der Waals surface area (Å²) in [5.74, 6) is 0.424. The van der Waals surface area contributed by atoms with Gasteiger partial charge in [-0.05, 0) is 58.8 Å². The second-order valence-electron chi connectivity index (χ2n) is 7.69. The highest BCUT2D eigenvalue weighted by Gasteiger charge is 2.56. The molecule has 1 N–H and O–H groups in total. The molecule has 0 saturated carbocycles. The molecular weight excluding hydrogens is 272 g/mol. The van der Waals surface area contributed by atoms with E-state index in [1.165, 1.54) is 11.1 Å². The molecule has 1 fully saturated rings. The largest absolute Gasteiger partial charge is 0.386 e. The molecule has 124 valence electrons. The fourth-order valence-corrected chi connectivity index (χ4v) is 3.29. The van der Waals surface area contributed by atoms with Crippen LogP contribution in [0.2, 0.25) is 0 Å². The average Bonchev–Trinajstić information content (AvgIpc) is 3.10. The van der Waals surface area contributed by atoms with Gasteiger partial charge in [-0.2, -0.15) is 0 Å². The van der Waals surface area contributed by atoms with Crippen LogP contribution in [0, 0.1) is 5.92 Å². The van der Waals surface area contributed by atoms with Crippen LogP contribution >= 0.6 is 0 Å². The van der Waals surface area contributed by atoms with E-state index in [1.807, 2.05) is 13.0 Å². The van der Waals surface area contributed by atoms with Crippen molar-refractivity contribution in [1.82, 2.24) is 0 Å². The zero-order valence-electron chi connectivity index (χ0n) is 14.9. The SMILES string of the molecule is C/C1=C\CC[C@](C)(O)/C=C/[C@]2(C(C)C)O[C@@H]2C/C(C)=C/CC1. The molecule has 1 heterocycles. The van der Waals surface area contributed by atoms with Crippen molar-refractivity contribution in [2.75, 3.05) is 0 Å². The van der Waals surface area contributed by atoms with E-state index in [0.717, 1.165) is 32.1 Å². The smallest absolute Gasteiger partial charge is 0.116 e. The minimum Gasteiger partial charge on any atom is -0.386 e. The average molecular weight is 304 g/mol. The molecule has 1 aliphatic carbocycles. The Kier molecular flexibility index (Phi) is 5.34. The maximum atomic E-state index is 10.6. The van der Waals surface area contributed by atoms with Gasteiger partial charge in [0.1, 0.15) is 5.60 Å². The number of aliphatic hydroxyl groups is 1. The van der Waals surface area contributed by atoms with Crippen molar-refractivity contribution in [3.63, 3.8) is 0 Å². The molecular formula is C20H32O2. The van der Waals surface area contributed by atoms with Gasteiger partial charge < -0.3 is 9.84 Å². The number of fused-ring (bicyclic) bond motifs is 1. The summed E-state index contributed by atoms with van der Waals surface area (Å²) in [5.41, 5.74) is 1.89. The van der Waals surface area contributed by atoms with Crippen molar-refractivity contribution in [3.05, 3.63) is 35.5 Å². The lowest BCUT2D eigenvalue weighted by atomic mass is 9.86. The van der Waals surface area contributed by atoms with Crippen LogP contribution < -0.4 is 0 Å². The highest BCUT2D eigenvalue weighted by molar-refractivity contribution is 5.23. The Bertz CT molecular complexity index is 482. The van der Waals surface area contributed by atoms with E-state index >= 15 is 0 Å². The predicted molar refractivity (Wildman–Crippen MR) is 92.8 cm³/mol. The molecule has 0 bridgehead atoms. The first kappa shape index (κ1) is 17.5. The van der Waals surface area contributed by atoms with Crippen molar-refractivity contribution >= 4 is 0 Å². The molecule has 0 unspecified atom stereocenters. The summed E-state index contributed by atoms with van der Waals surface area (Å²) < 4.78 is 6.08. The third-order valence-electron chi connectivity index (χ3n) is 5.08. The topological polar surface area (TPSA) is 32.8 Å². The summed E-state index contributed by atoms with van der Waals surface area (Å²) in [7, 11) is 0. The minimum absolute atomic E-state index is 0.186. The third kappa shape index (κ3) is 4.33. The van der Waals surface area contributed by atoms with Gasteiger partial charge in [0.15, 0.2) is 0 Å². The normalized spacial score (nSPS) is 43.3. The van der Waals surface area contributed by atoms with Gasteiger partial charge in [-0.15, -0.1) is 0 Å². The maximum Gasteiger partial charge on any atom is 0.116 e. The molecule has 0 radical (unpaired) electrons. The van der Waals surface area contributed by atoms with Crippen molar-refractivity contribution < 1.29 is 9.84 Å². The molecule has 22 heavy (non-hydrogen) atoms. The second-order valence-corrected chi connectivity index (χ2v) is 7.69. The van der Waals surface area contributed by atoms with Crippen LogP contribution in [-0.2, 0) is 4.74 Å². The van der Waals surface area contributed by atoms with E-state index in [-0.39, 0.29) is 11.7 Å². The molecule has 0 aromatic heterocycles. The molecule has 0 amide bonds. The van der Waals surface area contributed by atoms with Gasteiger partial charge in [-0.1, -0.05) is 49.3 Å². The van der Waals surface area contributed by atoms with E-state index in [2.05, 4.69) is 45.9 Å². The molecule has 0 aromatic carbocycles. The van der Waals surface area contributed by atoms with Crippen LogP contribution in [-0.4, -0.2) is 22.4 Å². The zero-order valence-corrected chi connectivity index (χ0v) is 14.9. The van der Waals surface area contributed by atoms with Crippen LogP contribution in [0.5, 0.6) is 0 Å². The predicted octanol–water partition coefficient (Wildman–Crippen LogP) is 4.94. The van der Waals surface area contributed by atoms with Crippen molar-refractivity contribution in [3.8, 4) is 0 Å². The van der Waals surface area contributed by atoms with Crippen LogP contribution in [0.25, 0.3) is 0 Å². The number of hydrogen-bond acceptors (Lipinski definition) is 2. The summed E-state index contributed by atoms with van der Waals surface area (Å²) in [5, 5.41) is 10.6. The Labute approximate surface area is 136 Å². The summed E-state index contributed by atoms with van der Waals surface area (Å²) in [6.07, 6.45) is 13.8. The van der Waals surface area contributed by atoms with E-state index in [9.17, 15) is 5.11 Å². The number of epoxide rings is 1. The number of hydrogen-bond donors (Lipinski definition) is 1. The first-order chi connectivity index (χ1) is 10.3. The van der Waals surface area contributed by atoms with Crippen molar-refractivity contribution in [1.29, 1.82) is 0 Å². The molecule has 2 heteroatoms. The fraction of sp³-hybridized carbons (Fsp3) is 0.700. The minimum atomic E-state index is -0.760. The maximum absolute atomic E-state index is 10.6. The van der Waals surface area contributed by atoms with Gasteiger partial charge in [0.25, 0.3) is 0 Å². The number of allylic oxidation sites excluding steroid dienone is 3. The van der Waals surface area contributed by atoms with Gasteiger partial charge >= 0.3 is 0 Å². The Balaban J connectivity index is 2.21. The van der Waals surface area contributed by atoms with Crippen LogP contribution in [0.15, 0.2) is 35.5 Å². The van der Waals surface area contributed by atoms with Gasteiger partial charge in [0.2, 0.25) is 0 Å². The van der Waals surface area contributed by atoms with Gasteiger partial charge in [0, 0.05) is 0 Å². The molecule has 2 nitrogen and oxygen atoms in total. The first-order valence-electron chi connectivity index (χ1n) is 8.67. The number of ether oxygens (including phenoxy) is 1. The lowest BCUT2D eigenvalue weighted by molar-refractivity contribution is 0.101. The van der Waals surface area contributed by atoms with E-state index < -0.39 is 5.60 Å². The Morgan fingerprint density at radius 2 is 1.82 bits per heavy atom. The second kappa shape index (κ2) is 6.72. The van der Waals surface area contributed by atoms with Crippen LogP contribution in [0.1, 0.15) is 66.7 Å². The number of rotatable bonds is 1. The fourth-order valence-electron chi connectivity index (χ4n) is 3.29. The van der Waals surface area contributed by atoms with E-state index in [4.69, 9.17) is 4.74 Å². The Morgan fingerprint density at radius 3 is 2.50 bits per heavy atom. The standard InChI is InChI=1S/C20H32O2/c1-15(2)20-13-12-19(5,21)11-7-10-16(3)8-6-9-17(4)14-18(20)22-20/h9-10,12-13,15,18,21H,6-8,11,14H2,1-5H3/b13-12+,16-10+,17-9+/t18-,19+,20-/m1/s1. The highest BCUT2D eigenvalue weighted by Crippen LogP contribution is 2.47. The lowest BCUT2D eigenvalue weighted by Gasteiger charge is -2.21. The monoisotopic (exact) mass is 304 g/mol. The molecule has 2 rings (SSSR count). The lowest BCUT2D eigenvalue weighted by Crippen LogP contribution is -2.25. The molecule has 2 aliphatic rings. The third-order valence-corrected chi connectivity index (χ3v) is 5.08. The summed E-state index contributed by atoms with van der Waals surface area (Å²) in [4.78, 5) is 0. The molecule has 0 aromatic rings. The first-order valence-corrected chi connectivity index (χ1v) is 8.67. The summed E-state index contributed by atoms with van der Waals surface area (Å²) in [6, 6.07) is 0. The molecule has 0 spiro atoms. The van der Waals surface area contributed by atoms with Gasteiger partial charge in [-0.3, -0.25) is 0 Å². The van der Waals surface area contributed by atoms with Crippen LogP contribution in [0.3, 0.4) is 0 Å². The van der Waals surface area contributed by atoms with E-state index in [0.29, 0.717) is 5.92 Å². The van der Waals surface area contributed by atoms with Crippen LogP contribution in [0.4, 0.5) is 0 Å².